The fourth-order valence-electron chi connectivity index (χ4n) is 1.69. The summed E-state index contributed by atoms with van der Waals surface area (Å²) in [7, 11) is 0. The van der Waals surface area contributed by atoms with Gasteiger partial charge in [-0.15, -0.1) is 0 Å². The molecule has 1 aromatic heterocycles. The van der Waals surface area contributed by atoms with Crippen LogP contribution in [0.15, 0.2) is 47.1 Å². The summed E-state index contributed by atoms with van der Waals surface area (Å²) in [5, 5.41) is 5.23. The Kier molecular flexibility index (Phi) is 4.64. The number of amides is 1. The van der Waals surface area contributed by atoms with Gasteiger partial charge in [-0.2, -0.15) is 13.2 Å². The average Bonchev–Trinajstić information content (AvgIpc) is 2.91. The van der Waals surface area contributed by atoms with Gasteiger partial charge in [0, 0.05) is 5.69 Å². The Morgan fingerprint density at radius 2 is 2.00 bits per heavy atom. The summed E-state index contributed by atoms with van der Waals surface area (Å²) in [5.74, 6) is 0.239. The second-order valence-corrected chi connectivity index (χ2v) is 4.31. The Balaban J connectivity index is 1.85. The quantitative estimate of drug-likeness (QED) is 0.892. The van der Waals surface area contributed by atoms with Crippen LogP contribution in [-0.4, -0.2) is 12.5 Å². The summed E-state index contributed by atoms with van der Waals surface area (Å²) < 4.78 is 42.7. The van der Waals surface area contributed by atoms with E-state index in [9.17, 15) is 18.0 Å². The number of halogens is 3. The van der Waals surface area contributed by atoms with Crippen LogP contribution in [0.25, 0.3) is 0 Å². The fourth-order valence-corrected chi connectivity index (χ4v) is 1.69. The van der Waals surface area contributed by atoms with Crippen molar-refractivity contribution in [2.75, 3.05) is 11.9 Å². The number of furan rings is 1. The molecule has 0 bridgehead atoms. The lowest BCUT2D eigenvalue weighted by atomic mass is 10.2. The van der Waals surface area contributed by atoms with Crippen molar-refractivity contribution in [3.63, 3.8) is 0 Å². The lowest BCUT2D eigenvalue weighted by Crippen LogP contribution is -2.27. The number of carbonyl (C=O) groups excluding carboxylic acids is 1. The molecular formula is C14H13F3N2O2. The standard InChI is InChI=1S/C14H13F3N2O2/c15-14(16,17)10-3-1-4-11(7-10)19-13(20)9-18-8-12-5-2-6-21-12/h1-7,18H,8-9H2,(H,19,20). The van der Waals surface area contributed by atoms with Gasteiger partial charge in [-0.1, -0.05) is 6.07 Å². The van der Waals surface area contributed by atoms with E-state index >= 15 is 0 Å². The predicted octanol–water partition coefficient (Wildman–Crippen LogP) is 3.03. The van der Waals surface area contributed by atoms with E-state index < -0.39 is 17.6 Å². The first-order chi connectivity index (χ1) is 9.95. The molecule has 0 aliphatic carbocycles. The highest BCUT2D eigenvalue weighted by atomic mass is 19.4. The molecule has 112 valence electrons. The number of nitrogens with one attached hydrogen (secondary N) is 2. The largest absolute Gasteiger partial charge is 0.468 e. The van der Waals surface area contributed by atoms with Gasteiger partial charge in [0.05, 0.1) is 24.9 Å². The van der Waals surface area contributed by atoms with Gasteiger partial charge in [-0.25, -0.2) is 0 Å². The molecule has 1 heterocycles. The summed E-state index contributed by atoms with van der Waals surface area (Å²) in [6.45, 7) is 0.333. The number of benzene rings is 1. The average molecular weight is 298 g/mol. The molecule has 0 saturated heterocycles. The summed E-state index contributed by atoms with van der Waals surface area (Å²) in [5.41, 5.74) is -0.696. The van der Waals surface area contributed by atoms with E-state index in [2.05, 4.69) is 10.6 Å². The van der Waals surface area contributed by atoms with Crippen molar-refractivity contribution in [2.24, 2.45) is 0 Å². The third-order valence-electron chi connectivity index (χ3n) is 2.64. The first kappa shape index (κ1) is 15.1. The van der Waals surface area contributed by atoms with Crippen molar-refractivity contribution in [1.82, 2.24) is 5.32 Å². The molecule has 2 rings (SSSR count). The van der Waals surface area contributed by atoms with Crippen LogP contribution in [0.2, 0.25) is 0 Å². The molecule has 0 atom stereocenters. The van der Waals surface area contributed by atoms with Crippen LogP contribution in [-0.2, 0) is 17.5 Å². The third kappa shape index (κ3) is 4.64. The minimum Gasteiger partial charge on any atom is -0.468 e. The van der Waals surface area contributed by atoms with Crippen LogP contribution in [0.1, 0.15) is 11.3 Å². The Morgan fingerprint density at radius 3 is 2.67 bits per heavy atom. The first-order valence-corrected chi connectivity index (χ1v) is 6.15. The molecule has 7 heteroatoms. The van der Waals surface area contributed by atoms with E-state index in [1.165, 1.54) is 18.4 Å². The molecule has 21 heavy (non-hydrogen) atoms. The fraction of sp³-hybridized carbons (Fsp3) is 0.214. The molecular weight excluding hydrogens is 285 g/mol. The molecule has 0 fully saturated rings. The number of rotatable bonds is 5. The van der Waals surface area contributed by atoms with Crippen molar-refractivity contribution >= 4 is 11.6 Å². The number of anilines is 1. The van der Waals surface area contributed by atoms with Crippen LogP contribution < -0.4 is 10.6 Å². The maximum absolute atomic E-state index is 12.5. The maximum Gasteiger partial charge on any atom is 0.416 e. The molecule has 4 nitrogen and oxygen atoms in total. The van der Waals surface area contributed by atoms with E-state index in [0.717, 1.165) is 12.1 Å². The summed E-state index contributed by atoms with van der Waals surface area (Å²) in [4.78, 5) is 11.6. The summed E-state index contributed by atoms with van der Waals surface area (Å²) in [6.07, 6.45) is -2.92. The van der Waals surface area contributed by atoms with Gasteiger partial charge in [0.2, 0.25) is 5.91 Å². The van der Waals surface area contributed by atoms with E-state index in [-0.39, 0.29) is 12.2 Å². The molecule has 0 aliphatic heterocycles. The Labute approximate surface area is 119 Å². The normalized spacial score (nSPS) is 11.4. The van der Waals surface area contributed by atoms with Gasteiger partial charge in [0.25, 0.3) is 0 Å². The minimum atomic E-state index is -4.43. The zero-order valence-electron chi connectivity index (χ0n) is 10.9. The van der Waals surface area contributed by atoms with Gasteiger partial charge in [-0.05, 0) is 30.3 Å². The Hall–Kier alpha value is -2.28. The van der Waals surface area contributed by atoms with Crippen LogP contribution in [0.4, 0.5) is 18.9 Å². The van der Waals surface area contributed by atoms with Crippen molar-refractivity contribution in [1.29, 1.82) is 0 Å². The van der Waals surface area contributed by atoms with Crippen molar-refractivity contribution < 1.29 is 22.4 Å². The molecule has 1 amide bonds. The smallest absolute Gasteiger partial charge is 0.416 e. The van der Waals surface area contributed by atoms with Crippen molar-refractivity contribution in [3.05, 3.63) is 54.0 Å². The van der Waals surface area contributed by atoms with Crippen LogP contribution >= 0.6 is 0 Å². The Bertz CT molecular complexity index is 595. The summed E-state index contributed by atoms with van der Waals surface area (Å²) >= 11 is 0. The Morgan fingerprint density at radius 1 is 1.19 bits per heavy atom. The van der Waals surface area contributed by atoms with E-state index in [0.29, 0.717) is 12.3 Å². The number of hydrogen-bond donors (Lipinski definition) is 2. The van der Waals surface area contributed by atoms with E-state index in [1.807, 2.05) is 0 Å². The van der Waals surface area contributed by atoms with Gasteiger partial charge in [0.1, 0.15) is 5.76 Å². The molecule has 2 aromatic rings. The van der Waals surface area contributed by atoms with E-state index in [1.54, 1.807) is 12.1 Å². The van der Waals surface area contributed by atoms with Crippen LogP contribution in [0, 0.1) is 0 Å². The van der Waals surface area contributed by atoms with E-state index in [4.69, 9.17) is 4.42 Å². The van der Waals surface area contributed by atoms with Crippen molar-refractivity contribution in [2.45, 2.75) is 12.7 Å². The molecule has 2 N–H and O–H groups in total. The van der Waals surface area contributed by atoms with Gasteiger partial charge in [0.15, 0.2) is 0 Å². The molecule has 0 saturated carbocycles. The van der Waals surface area contributed by atoms with Gasteiger partial charge in [-0.3, -0.25) is 4.79 Å². The van der Waals surface area contributed by atoms with Crippen molar-refractivity contribution in [3.8, 4) is 0 Å². The highest BCUT2D eigenvalue weighted by Gasteiger charge is 2.30. The van der Waals surface area contributed by atoms with Crippen LogP contribution in [0.5, 0.6) is 0 Å². The highest BCUT2D eigenvalue weighted by molar-refractivity contribution is 5.92. The maximum atomic E-state index is 12.5. The lowest BCUT2D eigenvalue weighted by Gasteiger charge is -2.10. The second kappa shape index (κ2) is 6.45. The van der Waals surface area contributed by atoms with Crippen LogP contribution in [0.3, 0.4) is 0 Å². The second-order valence-electron chi connectivity index (χ2n) is 4.31. The highest BCUT2D eigenvalue weighted by Crippen LogP contribution is 2.30. The van der Waals surface area contributed by atoms with Gasteiger partial charge >= 0.3 is 6.18 Å². The zero-order valence-corrected chi connectivity index (χ0v) is 10.9. The number of alkyl halides is 3. The minimum absolute atomic E-state index is 0.0308. The van der Waals surface area contributed by atoms with Gasteiger partial charge < -0.3 is 15.1 Å². The zero-order chi connectivity index (χ0) is 15.3. The molecule has 0 spiro atoms. The monoisotopic (exact) mass is 298 g/mol. The summed E-state index contributed by atoms with van der Waals surface area (Å²) in [6, 6.07) is 7.96. The topological polar surface area (TPSA) is 54.3 Å². The lowest BCUT2D eigenvalue weighted by molar-refractivity contribution is -0.137. The number of carbonyl (C=O) groups is 1. The molecule has 0 aliphatic rings. The number of hydrogen-bond acceptors (Lipinski definition) is 3. The first-order valence-electron chi connectivity index (χ1n) is 6.15. The molecule has 0 unspecified atom stereocenters. The molecule has 1 aromatic carbocycles. The third-order valence-corrected chi connectivity index (χ3v) is 2.64. The predicted molar refractivity (Wildman–Crippen MR) is 70.5 cm³/mol. The molecule has 0 radical (unpaired) electrons. The SMILES string of the molecule is O=C(CNCc1ccco1)Nc1cccc(C(F)(F)F)c1.